The largest absolute Gasteiger partial charge is 0.416 e. The van der Waals surface area contributed by atoms with E-state index in [-0.39, 0.29) is 6.61 Å². The molecule has 6 nitrogen and oxygen atoms in total. The lowest BCUT2D eigenvalue weighted by atomic mass is 9.97. The second kappa shape index (κ2) is 6.38. The molecule has 0 saturated carbocycles. The first kappa shape index (κ1) is 17.8. The number of benzene rings is 1. The van der Waals surface area contributed by atoms with E-state index < -0.39 is 24.6 Å². The predicted molar refractivity (Wildman–Crippen MR) is 95.1 cm³/mol. The molecule has 0 amide bonds. The summed E-state index contributed by atoms with van der Waals surface area (Å²) in [6.45, 7) is -0.706. The Hall–Kier alpha value is -3.27. The Morgan fingerprint density at radius 3 is 2.69 bits per heavy atom. The Labute approximate surface area is 161 Å². The molecular formula is C19H13F4N5O. The lowest BCUT2D eigenvalue weighted by Gasteiger charge is -2.26. The minimum atomic E-state index is -4.49. The van der Waals surface area contributed by atoms with Crippen LogP contribution < -0.4 is 0 Å². The zero-order valence-electron chi connectivity index (χ0n) is 14.7. The van der Waals surface area contributed by atoms with Gasteiger partial charge in [-0.3, -0.25) is 9.78 Å². The summed E-state index contributed by atoms with van der Waals surface area (Å²) < 4.78 is 59.4. The molecule has 0 aliphatic carbocycles. The number of rotatable bonds is 2. The average Bonchev–Trinajstić information content (AvgIpc) is 3.31. The number of pyridine rings is 1. The minimum absolute atomic E-state index is 0.255. The summed E-state index contributed by atoms with van der Waals surface area (Å²) in [7, 11) is 0. The number of hydrogen-bond donors (Lipinski definition) is 1. The maximum atomic E-state index is 13.4. The Morgan fingerprint density at radius 1 is 1.14 bits per heavy atom. The smallest absolute Gasteiger partial charge is 0.360 e. The third kappa shape index (κ3) is 2.96. The third-order valence-electron chi connectivity index (χ3n) is 4.92. The van der Waals surface area contributed by atoms with Crippen molar-refractivity contribution >= 4 is 11.0 Å². The van der Waals surface area contributed by atoms with E-state index in [1.807, 2.05) is 0 Å². The number of hydrogen-bond acceptors (Lipinski definition) is 4. The van der Waals surface area contributed by atoms with Crippen molar-refractivity contribution in [2.75, 3.05) is 0 Å². The lowest BCUT2D eigenvalue weighted by Crippen LogP contribution is -2.39. The van der Waals surface area contributed by atoms with Crippen molar-refractivity contribution in [1.82, 2.24) is 25.0 Å². The molecule has 0 spiro atoms. The highest BCUT2D eigenvalue weighted by Crippen LogP contribution is 2.40. The van der Waals surface area contributed by atoms with Crippen LogP contribution in [-0.2, 0) is 17.9 Å². The van der Waals surface area contributed by atoms with Crippen LogP contribution in [0.3, 0.4) is 0 Å². The van der Waals surface area contributed by atoms with Crippen LogP contribution >= 0.6 is 0 Å². The molecular weight excluding hydrogens is 390 g/mol. The molecule has 0 fully saturated rings. The molecule has 10 heteroatoms. The van der Waals surface area contributed by atoms with Gasteiger partial charge in [0.2, 0.25) is 0 Å². The van der Waals surface area contributed by atoms with E-state index in [2.05, 4.69) is 20.3 Å². The molecule has 29 heavy (non-hydrogen) atoms. The van der Waals surface area contributed by atoms with Crippen molar-refractivity contribution in [3.05, 3.63) is 54.2 Å². The van der Waals surface area contributed by atoms with Gasteiger partial charge in [-0.2, -0.15) is 23.4 Å². The van der Waals surface area contributed by atoms with Crippen molar-refractivity contribution in [3.8, 4) is 22.4 Å². The first-order valence-electron chi connectivity index (χ1n) is 8.74. The molecule has 5 rings (SSSR count). The van der Waals surface area contributed by atoms with E-state index >= 15 is 0 Å². The number of nitrogens with zero attached hydrogens (tertiary/aromatic N) is 4. The Balaban J connectivity index is 1.74. The van der Waals surface area contributed by atoms with Crippen molar-refractivity contribution < 1.29 is 22.3 Å². The summed E-state index contributed by atoms with van der Waals surface area (Å²) in [6, 6.07) is 7.41. The molecule has 4 heterocycles. The highest BCUT2D eigenvalue weighted by atomic mass is 19.4. The van der Waals surface area contributed by atoms with Crippen LogP contribution in [0.25, 0.3) is 33.4 Å². The summed E-state index contributed by atoms with van der Waals surface area (Å²) in [4.78, 5) is 4.21. The summed E-state index contributed by atoms with van der Waals surface area (Å²) in [5.74, 6) is -0.416. The average molecular weight is 403 g/mol. The van der Waals surface area contributed by atoms with Gasteiger partial charge in [0, 0.05) is 22.7 Å². The normalized spacial score (nSPS) is 16.9. The number of aromatic nitrogens is 5. The number of alkyl halides is 3. The molecule has 1 aromatic carbocycles. The van der Waals surface area contributed by atoms with Crippen LogP contribution in [0.1, 0.15) is 5.69 Å². The van der Waals surface area contributed by atoms with Gasteiger partial charge in [0.15, 0.2) is 11.8 Å². The van der Waals surface area contributed by atoms with E-state index in [4.69, 9.17) is 4.74 Å². The molecule has 0 saturated heterocycles. The molecule has 4 aromatic rings. The SMILES string of the molecule is Fc1ccc(-c2nn3c(c2-c2ccnc4[nH]ncc24)CO[C@H](C(F)(F)F)C3)cc1. The van der Waals surface area contributed by atoms with Crippen LogP contribution in [-0.4, -0.2) is 37.2 Å². The maximum absolute atomic E-state index is 13.4. The topological polar surface area (TPSA) is 68.6 Å². The monoisotopic (exact) mass is 403 g/mol. The fourth-order valence-corrected chi connectivity index (χ4v) is 3.54. The van der Waals surface area contributed by atoms with Crippen molar-refractivity contribution in [2.24, 2.45) is 0 Å². The highest BCUT2D eigenvalue weighted by Gasteiger charge is 2.44. The minimum Gasteiger partial charge on any atom is -0.360 e. The zero-order valence-corrected chi connectivity index (χ0v) is 14.7. The zero-order chi connectivity index (χ0) is 20.2. The van der Waals surface area contributed by atoms with Crippen LogP contribution in [0.15, 0.2) is 42.7 Å². The number of aromatic amines is 1. The van der Waals surface area contributed by atoms with Crippen LogP contribution in [0, 0.1) is 5.82 Å². The fourth-order valence-electron chi connectivity index (χ4n) is 3.54. The predicted octanol–water partition coefficient (Wildman–Crippen LogP) is 4.09. The summed E-state index contributed by atoms with van der Waals surface area (Å²) >= 11 is 0. The first-order valence-corrected chi connectivity index (χ1v) is 8.74. The number of fused-ring (bicyclic) bond motifs is 2. The quantitative estimate of drug-likeness (QED) is 0.512. The molecule has 1 N–H and O–H groups in total. The number of ether oxygens (including phenoxy) is 1. The van der Waals surface area contributed by atoms with E-state index in [1.54, 1.807) is 30.6 Å². The van der Waals surface area contributed by atoms with E-state index in [0.717, 1.165) is 0 Å². The van der Waals surface area contributed by atoms with Gasteiger partial charge in [0.1, 0.15) is 11.5 Å². The van der Waals surface area contributed by atoms with Crippen molar-refractivity contribution in [1.29, 1.82) is 0 Å². The molecule has 148 valence electrons. The van der Waals surface area contributed by atoms with Gasteiger partial charge in [0.05, 0.1) is 25.0 Å². The highest BCUT2D eigenvalue weighted by molar-refractivity contribution is 5.97. The molecule has 0 unspecified atom stereocenters. The molecule has 1 aliphatic rings. The standard InChI is InChI=1S/C19H13F4N5O/c20-11-3-1-10(2-4-11)17-16(12-5-6-24-18-13(12)7-25-26-18)14-9-29-15(19(21,22)23)8-28(14)27-17/h1-7,15H,8-9H2,(H,24,25,26)/t15-/m0/s1. The third-order valence-corrected chi connectivity index (χ3v) is 4.92. The molecule has 1 atom stereocenters. The number of nitrogens with one attached hydrogen (secondary N) is 1. The van der Waals surface area contributed by atoms with Gasteiger partial charge in [0.25, 0.3) is 0 Å². The second-order valence-corrected chi connectivity index (χ2v) is 6.69. The van der Waals surface area contributed by atoms with E-state index in [0.29, 0.717) is 39.1 Å². The first-order chi connectivity index (χ1) is 13.9. The van der Waals surface area contributed by atoms with Gasteiger partial charge in [-0.05, 0) is 35.9 Å². The Morgan fingerprint density at radius 2 is 1.93 bits per heavy atom. The van der Waals surface area contributed by atoms with Crippen LogP contribution in [0.5, 0.6) is 0 Å². The van der Waals surface area contributed by atoms with Gasteiger partial charge in [-0.25, -0.2) is 9.37 Å². The summed E-state index contributed by atoms with van der Waals surface area (Å²) in [5, 5.41) is 11.9. The van der Waals surface area contributed by atoms with Gasteiger partial charge in [-0.15, -0.1) is 0 Å². The molecule has 1 aliphatic heterocycles. The second-order valence-electron chi connectivity index (χ2n) is 6.69. The Bertz CT molecular complexity index is 1200. The molecule has 0 bridgehead atoms. The maximum Gasteiger partial charge on any atom is 0.416 e. The van der Waals surface area contributed by atoms with Gasteiger partial charge in [-0.1, -0.05) is 0 Å². The Kier molecular flexibility index (Phi) is 3.91. The van der Waals surface area contributed by atoms with E-state index in [1.165, 1.54) is 16.8 Å². The van der Waals surface area contributed by atoms with Gasteiger partial charge >= 0.3 is 6.18 Å². The lowest BCUT2D eigenvalue weighted by molar-refractivity contribution is -0.234. The summed E-state index contributed by atoms with van der Waals surface area (Å²) in [5.41, 5.74) is 3.40. The molecule has 3 aromatic heterocycles. The van der Waals surface area contributed by atoms with Crippen LogP contribution in [0.2, 0.25) is 0 Å². The number of H-pyrrole nitrogens is 1. The van der Waals surface area contributed by atoms with Gasteiger partial charge < -0.3 is 4.74 Å². The summed E-state index contributed by atoms with van der Waals surface area (Å²) in [6.07, 6.45) is -3.25. The molecule has 0 radical (unpaired) electrons. The number of halogens is 4. The van der Waals surface area contributed by atoms with Crippen molar-refractivity contribution in [3.63, 3.8) is 0 Å². The van der Waals surface area contributed by atoms with Crippen molar-refractivity contribution in [2.45, 2.75) is 25.4 Å². The van der Waals surface area contributed by atoms with E-state index in [9.17, 15) is 17.6 Å². The van der Waals surface area contributed by atoms with Crippen LogP contribution in [0.4, 0.5) is 17.6 Å². The fraction of sp³-hybridized carbons (Fsp3) is 0.211.